The largest absolute Gasteiger partial charge is 0.497 e. The van der Waals surface area contributed by atoms with Crippen LogP contribution < -0.4 is 4.74 Å². The Hall–Kier alpha value is -1.59. The van der Waals surface area contributed by atoms with Gasteiger partial charge in [-0.3, -0.25) is 0 Å². The van der Waals surface area contributed by atoms with E-state index in [4.69, 9.17) is 14.2 Å². The summed E-state index contributed by atoms with van der Waals surface area (Å²) in [5.41, 5.74) is 1.01. The summed E-state index contributed by atoms with van der Waals surface area (Å²) >= 11 is 0. The van der Waals surface area contributed by atoms with E-state index in [2.05, 4.69) is 0 Å². The van der Waals surface area contributed by atoms with Crippen molar-refractivity contribution in [3.05, 3.63) is 29.8 Å². The summed E-state index contributed by atoms with van der Waals surface area (Å²) in [7, 11) is 1.62. The molecule has 0 saturated carbocycles. The molecule has 1 N–H and O–H groups in total. The highest BCUT2D eigenvalue weighted by Gasteiger charge is 2.32. The smallest absolute Gasteiger partial charge is 0.335 e. The zero-order chi connectivity index (χ0) is 13.0. The van der Waals surface area contributed by atoms with E-state index < -0.39 is 12.1 Å². The third-order valence-corrected chi connectivity index (χ3v) is 2.77. The lowest BCUT2D eigenvalue weighted by molar-refractivity contribution is -0.149. The van der Waals surface area contributed by atoms with Gasteiger partial charge in [0.25, 0.3) is 0 Å². The average Bonchev–Trinajstić information content (AvgIpc) is 2.69. The molecule has 1 fully saturated rings. The van der Waals surface area contributed by atoms with Gasteiger partial charge in [-0.25, -0.2) is 4.79 Å². The number of benzene rings is 1. The van der Waals surface area contributed by atoms with Crippen LogP contribution in [0.15, 0.2) is 24.3 Å². The second-order valence-electron chi connectivity index (χ2n) is 4.17. The summed E-state index contributed by atoms with van der Waals surface area (Å²) < 4.78 is 15.4. The lowest BCUT2D eigenvalue weighted by Crippen LogP contribution is -2.14. The van der Waals surface area contributed by atoms with Gasteiger partial charge in [-0.2, -0.15) is 0 Å². The normalized spacial score (nSPS) is 22.9. The minimum Gasteiger partial charge on any atom is -0.497 e. The average molecular weight is 252 g/mol. The van der Waals surface area contributed by atoms with Gasteiger partial charge in [0.15, 0.2) is 6.10 Å². The van der Waals surface area contributed by atoms with Crippen molar-refractivity contribution in [3.63, 3.8) is 0 Å². The van der Waals surface area contributed by atoms with Crippen molar-refractivity contribution < 1.29 is 24.1 Å². The lowest BCUT2D eigenvalue weighted by atomic mass is 10.2. The minimum absolute atomic E-state index is 0.300. The highest BCUT2D eigenvalue weighted by Crippen LogP contribution is 2.16. The molecule has 2 atom stereocenters. The van der Waals surface area contributed by atoms with E-state index in [1.807, 2.05) is 24.3 Å². The Balaban J connectivity index is 1.73. The number of hydrogen-bond acceptors (Lipinski definition) is 5. The van der Waals surface area contributed by atoms with Crippen LogP contribution >= 0.6 is 0 Å². The Kier molecular flexibility index (Phi) is 4.17. The van der Waals surface area contributed by atoms with Gasteiger partial charge in [0.2, 0.25) is 0 Å². The molecule has 5 heteroatoms. The zero-order valence-corrected chi connectivity index (χ0v) is 10.2. The lowest BCUT2D eigenvalue weighted by Gasteiger charge is -2.09. The maximum Gasteiger partial charge on any atom is 0.335 e. The summed E-state index contributed by atoms with van der Waals surface area (Å²) in [5, 5.41) is 9.20. The summed E-state index contributed by atoms with van der Waals surface area (Å²) in [5.74, 6) is 0.236. The van der Waals surface area contributed by atoms with Crippen molar-refractivity contribution in [2.24, 2.45) is 0 Å². The molecule has 1 aromatic rings. The molecular formula is C13H16O5. The fourth-order valence-corrected chi connectivity index (χ4v) is 1.77. The molecule has 18 heavy (non-hydrogen) atoms. The predicted octanol–water partition coefficient (Wildman–Crippen LogP) is 0.888. The maximum atomic E-state index is 10.9. The molecule has 0 amide bonds. The fourth-order valence-electron chi connectivity index (χ4n) is 1.77. The van der Waals surface area contributed by atoms with E-state index in [9.17, 15) is 9.90 Å². The molecule has 0 aliphatic carbocycles. The third-order valence-electron chi connectivity index (χ3n) is 2.77. The summed E-state index contributed by atoms with van der Waals surface area (Å²) in [4.78, 5) is 10.9. The quantitative estimate of drug-likeness (QED) is 0.788. The summed E-state index contributed by atoms with van der Waals surface area (Å²) in [6.45, 7) is 0.739. The first-order valence-corrected chi connectivity index (χ1v) is 5.78. The Bertz CT molecular complexity index is 400. The first-order valence-electron chi connectivity index (χ1n) is 5.78. The van der Waals surface area contributed by atoms with E-state index in [0.29, 0.717) is 19.6 Å². The van der Waals surface area contributed by atoms with Crippen molar-refractivity contribution >= 4 is 5.97 Å². The topological polar surface area (TPSA) is 65.0 Å². The summed E-state index contributed by atoms with van der Waals surface area (Å²) in [6.07, 6.45) is -1.04. The van der Waals surface area contributed by atoms with Crippen molar-refractivity contribution in [3.8, 4) is 5.75 Å². The van der Waals surface area contributed by atoms with Crippen LogP contribution in [0.5, 0.6) is 5.75 Å². The molecule has 1 aliphatic heterocycles. The van der Waals surface area contributed by atoms with E-state index in [0.717, 1.165) is 11.3 Å². The predicted molar refractivity (Wildman–Crippen MR) is 63.2 cm³/mol. The van der Waals surface area contributed by atoms with Gasteiger partial charge in [-0.1, -0.05) is 12.1 Å². The molecule has 0 bridgehead atoms. The van der Waals surface area contributed by atoms with Crippen LogP contribution in [0.1, 0.15) is 12.0 Å². The van der Waals surface area contributed by atoms with Crippen LogP contribution in [0.2, 0.25) is 0 Å². The molecule has 5 nitrogen and oxygen atoms in total. The van der Waals surface area contributed by atoms with E-state index >= 15 is 0 Å². The number of esters is 1. The number of aliphatic hydroxyl groups is 1. The van der Waals surface area contributed by atoms with Gasteiger partial charge in [-0.15, -0.1) is 0 Å². The number of rotatable bonds is 5. The number of ether oxygens (including phenoxy) is 3. The molecule has 2 unspecified atom stereocenters. The second kappa shape index (κ2) is 5.84. The molecule has 1 aliphatic rings. The number of carbonyl (C=O) groups is 1. The van der Waals surface area contributed by atoms with Crippen LogP contribution in [0, 0.1) is 0 Å². The van der Waals surface area contributed by atoms with Gasteiger partial charge in [0.1, 0.15) is 11.9 Å². The van der Waals surface area contributed by atoms with Crippen LogP contribution in [-0.2, 0) is 20.9 Å². The minimum atomic E-state index is -1.00. The summed E-state index contributed by atoms with van der Waals surface area (Å²) in [6, 6.07) is 7.54. The molecular weight excluding hydrogens is 236 g/mol. The van der Waals surface area contributed by atoms with Gasteiger partial charge < -0.3 is 19.3 Å². The monoisotopic (exact) mass is 252 g/mol. The number of carbonyl (C=O) groups excluding carboxylic acids is 1. The van der Waals surface area contributed by atoms with Crippen LogP contribution in [-0.4, -0.2) is 37.0 Å². The maximum absolute atomic E-state index is 10.9. The van der Waals surface area contributed by atoms with E-state index in [1.54, 1.807) is 7.11 Å². The SMILES string of the molecule is COc1ccc(COCC2CC(O)C(=O)O2)cc1. The Labute approximate surface area is 105 Å². The van der Waals surface area contributed by atoms with Crippen molar-refractivity contribution in [1.29, 1.82) is 0 Å². The van der Waals surface area contributed by atoms with Gasteiger partial charge in [-0.05, 0) is 17.7 Å². The number of hydrogen-bond donors (Lipinski definition) is 1. The Morgan fingerprint density at radius 2 is 2.11 bits per heavy atom. The number of aliphatic hydroxyl groups excluding tert-OH is 1. The highest BCUT2D eigenvalue weighted by atomic mass is 16.6. The Morgan fingerprint density at radius 1 is 1.39 bits per heavy atom. The molecule has 2 rings (SSSR count). The van der Waals surface area contributed by atoms with Crippen LogP contribution in [0.3, 0.4) is 0 Å². The molecule has 0 aromatic heterocycles. The highest BCUT2D eigenvalue weighted by molar-refractivity contribution is 5.76. The number of methoxy groups -OCH3 is 1. The third kappa shape index (κ3) is 3.21. The van der Waals surface area contributed by atoms with E-state index in [-0.39, 0.29) is 6.10 Å². The van der Waals surface area contributed by atoms with Crippen molar-refractivity contribution in [2.45, 2.75) is 25.2 Å². The zero-order valence-electron chi connectivity index (χ0n) is 10.2. The van der Waals surface area contributed by atoms with Crippen LogP contribution in [0.25, 0.3) is 0 Å². The standard InChI is InChI=1S/C13H16O5/c1-16-10-4-2-9(3-5-10)7-17-8-11-6-12(14)13(15)18-11/h2-5,11-12,14H,6-8H2,1H3. The first kappa shape index (κ1) is 12.9. The van der Waals surface area contributed by atoms with Crippen molar-refractivity contribution in [1.82, 2.24) is 0 Å². The molecule has 1 aromatic carbocycles. The van der Waals surface area contributed by atoms with Crippen LogP contribution in [0.4, 0.5) is 0 Å². The first-order chi connectivity index (χ1) is 8.69. The number of cyclic esters (lactones) is 1. The van der Waals surface area contributed by atoms with Gasteiger partial charge in [0.05, 0.1) is 20.3 Å². The molecule has 98 valence electrons. The van der Waals surface area contributed by atoms with E-state index in [1.165, 1.54) is 0 Å². The molecule has 1 heterocycles. The van der Waals surface area contributed by atoms with Gasteiger partial charge >= 0.3 is 5.97 Å². The van der Waals surface area contributed by atoms with Crippen molar-refractivity contribution in [2.75, 3.05) is 13.7 Å². The second-order valence-corrected chi connectivity index (χ2v) is 4.17. The molecule has 0 radical (unpaired) electrons. The fraction of sp³-hybridized carbons (Fsp3) is 0.462. The van der Waals surface area contributed by atoms with Gasteiger partial charge in [0, 0.05) is 6.42 Å². The Morgan fingerprint density at radius 3 is 2.67 bits per heavy atom. The molecule has 1 saturated heterocycles. The molecule has 0 spiro atoms.